The van der Waals surface area contributed by atoms with Crippen molar-refractivity contribution in [1.82, 2.24) is 5.43 Å². The Hall–Kier alpha value is -2.53. The number of hydrogen-bond donors (Lipinski definition) is 1. The molecule has 0 fully saturated rings. The van der Waals surface area contributed by atoms with Gasteiger partial charge in [-0.3, -0.25) is 4.79 Å². The van der Waals surface area contributed by atoms with Gasteiger partial charge in [0.15, 0.2) is 11.5 Å². The van der Waals surface area contributed by atoms with Gasteiger partial charge in [0.05, 0.1) is 30.9 Å². The second-order valence-electron chi connectivity index (χ2n) is 6.42. The highest BCUT2D eigenvalue weighted by molar-refractivity contribution is 6.32. The van der Waals surface area contributed by atoms with Crippen LogP contribution < -0.4 is 14.9 Å². The van der Waals surface area contributed by atoms with Crippen LogP contribution in [-0.2, 0) is 11.2 Å². The smallest absolute Gasteiger partial charge is 0.244 e. The lowest BCUT2D eigenvalue weighted by atomic mass is 10.1. The third-order valence-electron chi connectivity index (χ3n) is 3.50. The van der Waals surface area contributed by atoms with Crippen LogP contribution in [0.4, 0.5) is 0 Å². The van der Waals surface area contributed by atoms with Crippen LogP contribution in [-0.4, -0.2) is 25.3 Å². The Morgan fingerprint density at radius 2 is 1.96 bits per heavy atom. The summed E-state index contributed by atoms with van der Waals surface area (Å²) in [6.07, 6.45) is 1.80. The highest BCUT2D eigenvalue weighted by atomic mass is 35.5. The molecule has 0 aliphatic rings. The van der Waals surface area contributed by atoms with Gasteiger partial charge in [0.2, 0.25) is 5.91 Å². The lowest BCUT2D eigenvalue weighted by molar-refractivity contribution is -0.120. The number of carbonyl (C=O) groups excluding carboxylic acids is 1. The van der Waals surface area contributed by atoms with Gasteiger partial charge in [-0.25, -0.2) is 5.43 Å². The molecular formula is C21H25ClN2O3. The molecule has 5 nitrogen and oxygen atoms in total. The molecule has 27 heavy (non-hydrogen) atoms. The molecule has 0 unspecified atom stereocenters. The summed E-state index contributed by atoms with van der Waals surface area (Å²) in [5, 5.41) is 4.45. The number of rotatable bonds is 9. The molecule has 0 atom stereocenters. The first-order valence-corrected chi connectivity index (χ1v) is 9.32. The van der Waals surface area contributed by atoms with Crippen molar-refractivity contribution in [3.05, 3.63) is 58.6 Å². The molecule has 2 aromatic rings. The van der Waals surface area contributed by atoms with Gasteiger partial charge in [-0.1, -0.05) is 55.8 Å². The van der Waals surface area contributed by atoms with Crippen molar-refractivity contribution < 1.29 is 14.3 Å². The third-order valence-corrected chi connectivity index (χ3v) is 3.78. The molecule has 0 aliphatic heterocycles. The zero-order valence-electron chi connectivity index (χ0n) is 15.9. The van der Waals surface area contributed by atoms with E-state index in [1.54, 1.807) is 12.1 Å². The molecule has 0 aliphatic carbocycles. The van der Waals surface area contributed by atoms with Crippen LogP contribution in [0.2, 0.25) is 5.02 Å². The van der Waals surface area contributed by atoms with Gasteiger partial charge in [-0.05, 0) is 36.1 Å². The van der Waals surface area contributed by atoms with Crippen molar-refractivity contribution in [2.24, 2.45) is 11.0 Å². The Morgan fingerprint density at radius 3 is 2.63 bits per heavy atom. The van der Waals surface area contributed by atoms with E-state index in [4.69, 9.17) is 21.1 Å². The van der Waals surface area contributed by atoms with E-state index >= 15 is 0 Å². The topological polar surface area (TPSA) is 59.9 Å². The summed E-state index contributed by atoms with van der Waals surface area (Å²) in [5.41, 5.74) is 4.16. The van der Waals surface area contributed by atoms with Gasteiger partial charge < -0.3 is 9.47 Å². The van der Waals surface area contributed by atoms with Crippen molar-refractivity contribution >= 4 is 23.7 Å². The number of carbonyl (C=O) groups is 1. The fourth-order valence-corrected chi connectivity index (χ4v) is 2.59. The van der Waals surface area contributed by atoms with Crippen molar-refractivity contribution in [1.29, 1.82) is 0 Å². The summed E-state index contributed by atoms with van der Waals surface area (Å²) >= 11 is 6.35. The number of benzene rings is 2. The average molecular weight is 389 g/mol. The molecule has 0 heterocycles. The van der Waals surface area contributed by atoms with Crippen LogP contribution in [0.15, 0.2) is 47.6 Å². The van der Waals surface area contributed by atoms with E-state index in [-0.39, 0.29) is 12.3 Å². The molecule has 0 aromatic heterocycles. The molecule has 1 amide bonds. The van der Waals surface area contributed by atoms with Gasteiger partial charge in [0.25, 0.3) is 0 Å². The average Bonchev–Trinajstić information content (AvgIpc) is 2.62. The van der Waals surface area contributed by atoms with Crippen molar-refractivity contribution in [2.75, 3.05) is 13.2 Å². The first kappa shape index (κ1) is 20.8. The fraction of sp³-hybridized carbons (Fsp3) is 0.333. The molecule has 2 rings (SSSR count). The van der Waals surface area contributed by atoms with E-state index < -0.39 is 0 Å². The van der Waals surface area contributed by atoms with Gasteiger partial charge in [0.1, 0.15) is 0 Å². The summed E-state index contributed by atoms with van der Waals surface area (Å²) < 4.78 is 11.4. The second kappa shape index (κ2) is 10.6. The zero-order chi connectivity index (χ0) is 19.6. The predicted molar refractivity (Wildman–Crippen MR) is 109 cm³/mol. The quantitative estimate of drug-likeness (QED) is 0.509. The number of halogens is 1. The lowest BCUT2D eigenvalue weighted by Crippen LogP contribution is -2.19. The largest absolute Gasteiger partial charge is 0.490 e. The third kappa shape index (κ3) is 6.94. The van der Waals surface area contributed by atoms with Crippen molar-refractivity contribution in [2.45, 2.75) is 27.2 Å². The van der Waals surface area contributed by atoms with E-state index in [0.717, 1.165) is 5.56 Å². The minimum Gasteiger partial charge on any atom is -0.490 e. The summed E-state index contributed by atoms with van der Waals surface area (Å²) in [6, 6.07) is 13.0. The Balaban J connectivity index is 2.04. The Kier molecular flexibility index (Phi) is 8.14. The SMILES string of the molecule is CCOc1cc(/C=N\NC(=O)Cc2ccccc2)cc(Cl)c1OCC(C)C. The predicted octanol–water partition coefficient (Wildman–Crippen LogP) is 4.47. The van der Waals surface area contributed by atoms with Crippen LogP contribution in [0.3, 0.4) is 0 Å². The monoisotopic (exact) mass is 388 g/mol. The minimum atomic E-state index is -0.189. The minimum absolute atomic E-state index is 0.189. The molecule has 0 saturated carbocycles. The van der Waals surface area contributed by atoms with E-state index in [9.17, 15) is 4.79 Å². The number of hydrazone groups is 1. The maximum Gasteiger partial charge on any atom is 0.244 e. The molecule has 0 spiro atoms. The van der Waals surface area contributed by atoms with E-state index in [1.165, 1.54) is 6.21 Å². The van der Waals surface area contributed by atoms with E-state index in [2.05, 4.69) is 24.4 Å². The molecule has 2 aromatic carbocycles. The molecule has 144 valence electrons. The first-order valence-electron chi connectivity index (χ1n) is 8.94. The van der Waals surface area contributed by atoms with Crippen LogP contribution >= 0.6 is 11.6 Å². The van der Waals surface area contributed by atoms with E-state index in [0.29, 0.717) is 41.2 Å². The Labute approximate surface area is 165 Å². The van der Waals surface area contributed by atoms with Crippen LogP contribution in [0.5, 0.6) is 11.5 Å². The highest BCUT2D eigenvalue weighted by Gasteiger charge is 2.13. The zero-order valence-corrected chi connectivity index (χ0v) is 16.6. The normalized spacial score (nSPS) is 11.0. The first-order chi connectivity index (χ1) is 13.0. The number of ether oxygens (including phenoxy) is 2. The number of nitrogens with one attached hydrogen (secondary N) is 1. The summed E-state index contributed by atoms with van der Waals surface area (Å²) in [5.74, 6) is 1.27. The van der Waals surface area contributed by atoms with Crippen molar-refractivity contribution in [3.8, 4) is 11.5 Å². The lowest BCUT2D eigenvalue weighted by Gasteiger charge is -2.15. The number of hydrogen-bond acceptors (Lipinski definition) is 4. The fourth-order valence-electron chi connectivity index (χ4n) is 2.32. The van der Waals surface area contributed by atoms with Crippen LogP contribution in [0.25, 0.3) is 0 Å². The Bertz CT molecular complexity index is 776. The molecule has 1 N–H and O–H groups in total. The molecule has 0 bridgehead atoms. The molecule has 6 heteroatoms. The van der Waals surface area contributed by atoms with Crippen LogP contribution in [0.1, 0.15) is 31.9 Å². The van der Waals surface area contributed by atoms with Gasteiger partial charge in [-0.2, -0.15) is 5.10 Å². The number of nitrogens with zero attached hydrogens (tertiary/aromatic N) is 1. The highest BCUT2D eigenvalue weighted by Crippen LogP contribution is 2.36. The second-order valence-corrected chi connectivity index (χ2v) is 6.83. The van der Waals surface area contributed by atoms with Gasteiger partial charge in [-0.15, -0.1) is 0 Å². The van der Waals surface area contributed by atoms with Crippen LogP contribution in [0, 0.1) is 5.92 Å². The molecule has 0 saturated heterocycles. The van der Waals surface area contributed by atoms with Gasteiger partial charge >= 0.3 is 0 Å². The standard InChI is InChI=1S/C21H25ClN2O3/c1-4-26-19-11-17(10-18(22)21(19)27-14-15(2)3)13-23-24-20(25)12-16-8-6-5-7-9-16/h5-11,13,15H,4,12,14H2,1-3H3,(H,24,25)/b23-13-. The maximum absolute atomic E-state index is 11.9. The summed E-state index contributed by atoms with van der Waals surface area (Å²) in [6.45, 7) is 7.05. The van der Waals surface area contributed by atoms with E-state index in [1.807, 2.05) is 37.3 Å². The molecular weight excluding hydrogens is 364 g/mol. The molecule has 0 radical (unpaired) electrons. The van der Waals surface area contributed by atoms with Gasteiger partial charge in [0, 0.05) is 0 Å². The van der Waals surface area contributed by atoms with Crippen molar-refractivity contribution in [3.63, 3.8) is 0 Å². The maximum atomic E-state index is 11.9. The Morgan fingerprint density at radius 1 is 1.22 bits per heavy atom. The summed E-state index contributed by atoms with van der Waals surface area (Å²) in [7, 11) is 0. The summed E-state index contributed by atoms with van der Waals surface area (Å²) in [4.78, 5) is 11.9. The number of amides is 1.